The molecule has 0 saturated carbocycles. The zero-order chi connectivity index (χ0) is 18.1. The molecular weight excluding hydrogens is 326 g/mol. The van der Waals surface area contributed by atoms with Gasteiger partial charge in [0.15, 0.2) is 0 Å². The molecule has 1 amide bonds. The first kappa shape index (κ1) is 17.2. The summed E-state index contributed by atoms with van der Waals surface area (Å²) in [5, 5.41) is 13.8. The number of likely N-dealkylation sites (tertiary alicyclic amines) is 1. The van der Waals surface area contributed by atoms with Gasteiger partial charge in [0.05, 0.1) is 11.1 Å². The number of aromatic amines is 1. The van der Waals surface area contributed by atoms with E-state index >= 15 is 0 Å². The van der Waals surface area contributed by atoms with Gasteiger partial charge in [-0.3, -0.25) is 14.8 Å². The number of hydrogen-bond acceptors (Lipinski definition) is 4. The Labute approximate surface area is 154 Å². The predicted octanol–water partition coefficient (Wildman–Crippen LogP) is 1.36. The van der Waals surface area contributed by atoms with Gasteiger partial charge in [0.25, 0.3) is 0 Å². The number of H-pyrrole nitrogens is 1. The van der Waals surface area contributed by atoms with Crippen LogP contribution in [0.25, 0.3) is 0 Å². The molecule has 26 heavy (non-hydrogen) atoms. The van der Waals surface area contributed by atoms with Crippen molar-refractivity contribution in [2.75, 3.05) is 26.2 Å². The van der Waals surface area contributed by atoms with Crippen LogP contribution in [0.2, 0.25) is 0 Å². The van der Waals surface area contributed by atoms with Crippen molar-refractivity contribution in [1.29, 1.82) is 0 Å². The summed E-state index contributed by atoms with van der Waals surface area (Å²) in [5.41, 5.74) is 4.06. The Hall–Kier alpha value is -2.18. The summed E-state index contributed by atoms with van der Waals surface area (Å²) in [5.74, 6) is 0.542. The molecule has 2 fully saturated rings. The van der Waals surface area contributed by atoms with E-state index in [9.17, 15) is 4.79 Å². The third kappa shape index (κ3) is 3.04. The van der Waals surface area contributed by atoms with Crippen molar-refractivity contribution in [3.63, 3.8) is 0 Å². The molecule has 2 saturated heterocycles. The lowest BCUT2D eigenvalue weighted by Crippen LogP contribution is -2.47. The lowest BCUT2D eigenvalue weighted by molar-refractivity contribution is -0.131. The highest BCUT2D eigenvalue weighted by Gasteiger charge is 2.54. The van der Waals surface area contributed by atoms with Crippen LogP contribution in [0.3, 0.4) is 0 Å². The molecule has 0 radical (unpaired) electrons. The number of aromatic nitrogens is 2. The second-order valence-corrected chi connectivity index (χ2v) is 7.73. The monoisotopic (exact) mass is 353 g/mol. The maximum absolute atomic E-state index is 13.2. The van der Waals surface area contributed by atoms with Crippen LogP contribution in [0.1, 0.15) is 22.5 Å². The largest absolute Gasteiger partial charge is 0.351 e. The Balaban J connectivity index is 1.44. The molecule has 1 aromatic carbocycles. The van der Waals surface area contributed by atoms with Crippen LogP contribution in [0.15, 0.2) is 30.3 Å². The molecule has 0 aliphatic carbocycles. The summed E-state index contributed by atoms with van der Waals surface area (Å²) >= 11 is 0. The van der Waals surface area contributed by atoms with Crippen LogP contribution in [-0.2, 0) is 17.9 Å². The molecule has 0 bridgehead atoms. The minimum Gasteiger partial charge on any atom is -0.351 e. The van der Waals surface area contributed by atoms with Crippen LogP contribution in [-0.4, -0.2) is 47.2 Å². The standard InChI is InChI=1S/C20H27N5O/c1-14-18(15(2)24-23-14)9-22-19(26)20-12-21-8-17(20)11-25(13-20)10-16-6-4-3-5-7-16/h3-7,17,21H,8-13H2,1-2H3,(H,22,26)(H,23,24)/t17-,20-/m1/s1. The molecule has 138 valence electrons. The van der Waals surface area contributed by atoms with Gasteiger partial charge in [0, 0.05) is 56.4 Å². The summed E-state index contributed by atoms with van der Waals surface area (Å²) in [6.07, 6.45) is 0. The van der Waals surface area contributed by atoms with Crippen LogP contribution in [0, 0.1) is 25.2 Å². The molecule has 2 aliphatic heterocycles. The van der Waals surface area contributed by atoms with Crippen molar-refractivity contribution in [2.45, 2.75) is 26.9 Å². The first-order chi connectivity index (χ1) is 12.6. The van der Waals surface area contributed by atoms with Crippen LogP contribution in [0.4, 0.5) is 0 Å². The molecule has 2 aromatic rings. The molecule has 2 aliphatic rings. The first-order valence-electron chi connectivity index (χ1n) is 9.34. The minimum absolute atomic E-state index is 0.170. The number of fused-ring (bicyclic) bond motifs is 1. The molecule has 2 atom stereocenters. The number of aryl methyl sites for hydroxylation is 2. The van der Waals surface area contributed by atoms with Crippen LogP contribution in [0.5, 0.6) is 0 Å². The second-order valence-electron chi connectivity index (χ2n) is 7.73. The Kier molecular flexibility index (Phi) is 4.54. The van der Waals surface area contributed by atoms with E-state index < -0.39 is 0 Å². The highest BCUT2D eigenvalue weighted by atomic mass is 16.2. The van der Waals surface area contributed by atoms with Crippen molar-refractivity contribution in [1.82, 2.24) is 25.7 Å². The highest BCUT2D eigenvalue weighted by Crippen LogP contribution is 2.39. The molecule has 4 rings (SSSR count). The van der Waals surface area contributed by atoms with Crippen LogP contribution < -0.4 is 10.6 Å². The van der Waals surface area contributed by atoms with Gasteiger partial charge in [-0.1, -0.05) is 30.3 Å². The zero-order valence-corrected chi connectivity index (χ0v) is 15.5. The Morgan fingerprint density at radius 1 is 1.35 bits per heavy atom. The number of hydrogen-bond donors (Lipinski definition) is 3. The Bertz CT molecular complexity index is 767. The topological polar surface area (TPSA) is 73.0 Å². The van der Waals surface area contributed by atoms with Crippen molar-refractivity contribution >= 4 is 5.91 Å². The maximum Gasteiger partial charge on any atom is 0.229 e. The molecule has 3 heterocycles. The normalized spacial score (nSPS) is 25.4. The van der Waals surface area contributed by atoms with E-state index in [1.807, 2.05) is 19.9 Å². The van der Waals surface area contributed by atoms with Crippen molar-refractivity contribution in [3.05, 3.63) is 52.8 Å². The van der Waals surface area contributed by atoms with Gasteiger partial charge in [-0.05, 0) is 19.4 Å². The molecule has 6 nitrogen and oxygen atoms in total. The summed E-state index contributed by atoms with van der Waals surface area (Å²) in [6.45, 7) is 8.89. The third-order valence-electron chi connectivity index (χ3n) is 6.00. The molecular formula is C20H27N5O. The van der Waals surface area contributed by atoms with Gasteiger partial charge in [0.2, 0.25) is 5.91 Å². The van der Waals surface area contributed by atoms with Crippen LogP contribution >= 0.6 is 0 Å². The summed E-state index contributed by atoms with van der Waals surface area (Å²) in [7, 11) is 0. The smallest absolute Gasteiger partial charge is 0.229 e. The number of amides is 1. The van der Waals surface area contributed by atoms with E-state index in [1.54, 1.807) is 0 Å². The van der Waals surface area contributed by atoms with Gasteiger partial charge < -0.3 is 10.6 Å². The fourth-order valence-corrected chi connectivity index (χ4v) is 4.49. The summed E-state index contributed by atoms with van der Waals surface area (Å²) in [4.78, 5) is 15.6. The number of benzene rings is 1. The highest BCUT2D eigenvalue weighted by molar-refractivity contribution is 5.84. The zero-order valence-electron chi connectivity index (χ0n) is 15.5. The average molecular weight is 353 g/mol. The Morgan fingerprint density at radius 2 is 2.15 bits per heavy atom. The van der Waals surface area contributed by atoms with Gasteiger partial charge in [-0.25, -0.2) is 0 Å². The van der Waals surface area contributed by atoms with Gasteiger partial charge in [-0.2, -0.15) is 5.10 Å². The number of nitrogens with zero attached hydrogens (tertiary/aromatic N) is 2. The molecule has 0 spiro atoms. The Morgan fingerprint density at radius 3 is 2.88 bits per heavy atom. The summed E-state index contributed by atoms with van der Waals surface area (Å²) < 4.78 is 0. The van der Waals surface area contributed by atoms with E-state index in [0.717, 1.165) is 49.7 Å². The fourth-order valence-electron chi connectivity index (χ4n) is 4.49. The predicted molar refractivity (Wildman–Crippen MR) is 100 cm³/mol. The molecule has 3 N–H and O–H groups in total. The van der Waals surface area contributed by atoms with Crippen molar-refractivity contribution < 1.29 is 4.79 Å². The average Bonchev–Trinajstić information content (AvgIpc) is 3.27. The number of carbonyl (C=O) groups is 1. The van der Waals surface area contributed by atoms with E-state index in [1.165, 1.54) is 5.56 Å². The van der Waals surface area contributed by atoms with E-state index in [-0.39, 0.29) is 11.3 Å². The summed E-state index contributed by atoms with van der Waals surface area (Å²) in [6, 6.07) is 10.5. The third-order valence-corrected chi connectivity index (χ3v) is 6.00. The first-order valence-corrected chi connectivity index (χ1v) is 9.34. The quantitative estimate of drug-likeness (QED) is 0.759. The SMILES string of the molecule is Cc1n[nH]c(C)c1CNC(=O)[C@@]12CNC[C@@H]1CN(Cc1ccccc1)C2. The molecule has 0 unspecified atom stereocenters. The van der Waals surface area contributed by atoms with Crippen molar-refractivity contribution in [2.24, 2.45) is 11.3 Å². The maximum atomic E-state index is 13.2. The lowest BCUT2D eigenvalue weighted by Gasteiger charge is -2.27. The number of nitrogens with one attached hydrogen (secondary N) is 3. The number of rotatable bonds is 5. The fraction of sp³-hybridized carbons (Fsp3) is 0.500. The second kappa shape index (κ2) is 6.85. The molecule has 1 aromatic heterocycles. The van der Waals surface area contributed by atoms with E-state index in [0.29, 0.717) is 12.5 Å². The van der Waals surface area contributed by atoms with E-state index in [4.69, 9.17) is 0 Å². The van der Waals surface area contributed by atoms with Crippen molar-refractivity contribution in [3.8, 4) is 0 Å². The lowest BCUT2D eigenvalue weighted by atomic mass is 9.80. The minimum atomic E-state index is -0.319. The number of carbonyl (C=O) groups excluding carboxylic acids is 1. The van der Waals surface area contributed by atoms with Gasteiger partial charge in [-0.15, -0.1) is 0 Å². The van der Waals surface area contributed by atoms with Gasteiger partial charge in [0.1, 0.15) is 0 Å². The van der Waals surface area contributed by atoms with Gasteiger partial charge >= 0.3 is 0 Å². The molecule has 6 heteroatoms. The van der Waals surface area contributed by atoms with E-state index in [2.05, 4.69) is 50.0 Å².